The SMILES string of the molecule is NC(=O)CO.O=S(=O)(O)O.[H-].[Na+]. The maximum Gasteiger partial charge on any atom is 1.00 e. The third-order valence-corrected chi connectivity index (χ3v) is 0.156. The van der Waals surface area contributed by atoms with Crippen LogP contribution in [0.1, 0.15) is 1.43 Å². The molecule has 0 aromatic heterocycles. The van der Waals surface area contributed by atoms with Gasteiger partial charge in [0.15, 0.2) is 0 Å². The first-order valence-electron chi connectivity index (χ1n) is 1.86. The van der Waals surface area contributed by atoms with E-state index in [1.54, 1.807) is 0 Å². The summed E-state index contributed by atoms with van der Waals surface area (Å²) in [6.45, 7) is -0.556. The Morgan fingerprint density at radius 1 is 1.45 bits per heavy atom. The van der Waals surface area contributed by atoms with Gasteiger partial charge in [0, 0.05) is 0 Å². The number of primary amides is 1. The van der Waals surface area contributed by atoms with Crippen molar-refractivity contribution in [2.45, 2.75) is 0 Å². The van der Waals surface area contributed by atoms with Crippen molar-refractivity contribution in [3.63, 3.8) is 0 Å². The molecule has 0 saturated heterocycles. The summed E-state index contributed by atoms with van der Waals surface area (Å²) in [5.74, 6) is -0.690. The van der Waals surface area contributed by atoms with E-state index in [0.717, 1.165) is 0 Å². The molecular weight excluding hydrogens is 189 g/mol. The van der Waals surface area contributed by atoms with Crippen molar-refractivity contribution in [1.29, 1.82) is 0 Å². The van der Waals surface area contributed by atoms with E-state index >= 15 is 0 Å². The van der Waals surface area contributed by atoms with Gasteiger partial charge in [0.2, 0.25) is 5.91 Å². The average molecular weight is 197 g/mol. The van der Waals surface area contributed by atoms with Crippen LogP contribution in [0.15, 0.2) is 0 Å². The smallest absolute Gasteiger partial charge is 1.00 e. The minimum atomic E-state index is -4.67. The summed E-state index contributed by atoms with van der Waals surface area (Å²) in [5.41, 5.74) is 4.40. The summed E-state index contributed by atoms with van der Waals surface area (Å²) in [5, 5.41) is 7.67. The van der Waals surface area contributed by atoms with Gasteiger partial charge < -0.3 is 12.3 Å². The van der Waals surface area contributed by atoms with Crippen LogP contribution in [0.3, 0.4) is 0 Å². The summed E-state index contributed by atoms with van der Waals surface area (Å²) in [6, 6.07) is 0. The number of rotatable bonds is 1. The van der Waals surface area contributed by atoms with Gasteiger partial charge in [-0.1, -0.05) is 0 Å². The van der Waals surface area contributed by atoms with Crippen LogP contribution < -0.4 is 35.3 Å². The van der Waals surface area contributed by atoms with E-state index in [9.17, 15) is 4.79 Å². The van der Waals surface area contributed by atoms with Crippen molar-refractivity contribution in [2.75, 3.05) is 6.61 Å². The number of carbonyl (C=O) groups excluding carboxylic acids is 1. The molecule has 1 amide bonds. The van der Waals surface area contributed by atoms with Crippen LogP contribution in [0.5, 0.6) is 0 Å². The Morgan fingerprint density at radius 3 is 1.55 bits per heavy atom. The van der Waals surface area contributed by atoms with E-state index < -0.39 is 22.9 Å². The molecule has 0 bridgehead atoms. The summed E-state index contributed by atoms with van der Waals surface area (Å²) in [7, 11) is -4.67. The van der Waals surface area contributed by atoms with Crippen LogP contribution in [-0.2, 0) is 15.2 Å². The van der Waals surface area contributed by atoms with E-state index in [-0.39, 0.29) is 31.0 Å². The molecule has 0 atom stereocenters. The van der Waals surface area contributed by atoms with E-state index in [1.807, 2.05) is 0 Å². The fourth-order valence-electron chi connectivity index (χ4n) is 0. The summed E-state index contributed by atoms with van der Waals surface area (Å²) < 4.78 is 31.6. The molecule has 0 aromatic rings. The topological polar surface area (TPSA) is 138 Å². The molecule has 0 rings (SSSR count). The molecule has 0 heterocycles. The fraction of sp³-hybridized carbons (Fsp3) is 0.500. The normalized spacial score (nSPS) is 8.64. The molecule has 5 N–H and O–H groups in total. The van der Waals surface area contributed by atoms with Gasteiger partial charge in [0.05, 0.1) is 0 Å². The number of aliphatic hydroxyl groups excluding tert-OH is 1. The van der Waals surface area contributed by atoms with E-state index in [4.69, 9.17) is 22.6 Å². The zero-order valence-corrected chi connectivity index (χ0v) is 8.58. The Labute approximate surface area is 86.9 Å². The number of hydrogen-bond donors (Lipinski definition) is 4. The molecule has 0 saturated carbocycles. The standard InChI is InChI=1S/C2H5NO2.Na.H2O4S.H/c3-2(5)1-4;;1-5(2,3)4;/h4H,1H2,(H2,3,5);;(H2,1,2,3,4);/q;+1;;-1. The van der Waals surface area contributed by atoms with Gasteiger partial charge in [-0.15, -0.1) is 0 Å². The Bertz CT molecular complexity index is 184. The molecule has 0 fully saturated rings. The van der Waals surface area contributed by atoms with Gasteiger partial charge in [-0.2, -0.15) is 8.42 Å². The predicted octanol–water partition coefficient (Wildman–Crippen LogP) is -5.07. The van der Waals surface area contributed by atoms with Gasteiger partial charge in [0.25, 0.3) is 0 Å². The number of aliphatic hydroxyl groups is 1. The molecule has 0 radical (unpaired) electrons. The van der Waals surface area contributed by atoms with Gasteiger partial charge >= 0.3 is 40.0 Å². The van der Waals surface area contributed by atoms with Crippen molar-refractivity contribution in [3.05, 3.63) is 0 Å². The maximum absolute atomic E-state index is 9.34. The van der Waals surface area contributed by atoms with Gasteiger partial charge in [-0.3, -0.25) is 13.9 Å². The third kappa shape index (κ3) is 134. The van der Waals surface area contributed by atoms with Crippen LogP contribution in [0.4, 0.5) is 0 Å². The second-order valence-electron chi connectivity index (χ2n) is 1.07. The first-order chi connectivity index (χ1) is 4.27. The minimum absolute atomic E-state index is 0. The largest absolute Gasteiger partial charge is 1.00 e. The van der Waals surface area contributed by atoms with Crippen LogP contribution in [-0.4, -0.2) is 35.1 Å². The van der Waals surface area contributed by atoms with Crippen molar-refractivity contribution >= 4 is 16.3 Å². The van der Waals surface area contributed by atoms with Crippen molar-refractivity contribution in [3.8, 4) is 0 Å². The molecule has 64 valence electrons. The Hall–Kier alpha value is 0.300. The van der Waals surface area contributed by atoms with Gasteiger partial charge in [0.1, 0.15) is 6.61 Å². The van der Waals surface area contributed by atoms with Crippen molar-refractivity contribution in [1.82, 2.24) is 0 Å². The first-order valence-corrected chi connectivity index (χ1v) is 3.26. The molecule has 0 aliphatic carbocycles. The molecule has 0 spiro atoms. The second-order valence-corrected chi connectivity index (χ2v) is 1.97. The summed E-state index contributed by atoms with van der Waals surface area (Å²) >= 11 is 0. The molecule has 7 nitrogen and oxygen atoms in total. The fourth-order valence-corrected chi connectivity index (χ4v) is 0. The zero-order valence-electron chi connectivity index (χ0n) is 6.76. The van der Waals surface area contributed by atoms with E-state index in [2.05, 4.69) is 5.73 Å². The van der Waals surface area contributed by atoms with Crippen LogP contribution >= 0.6 is 0 Å². The van der Waals surface area contributed by atoms with Crippen LogP contribution in [0.2, 0.25) is 0 Å². The average Bonchev–Trinajstić information content (AvgIpc) is 1.61. The monoisotopic (exact) mass is 197 g/mol. The molecule has 9 heteroatoms. The first kappa shape index (κ1) is 17.4. The second kappa shape index (κ2) is 8.40. The number of carbonyl (C=O) groups is 1. The third-order valence-electron chi connectivity index (χ3n) is 0.156. The van der Waals surface area contributed by atoms with Crippen LogP contribution in [0.25, 0.3) is 0 Å². The van der Waals surface area contributed by atoms with Crippen LogP contribution in [0, 0.1) is 0 Å². The Kier molecular flexibility index (Phi) is 13.3. The molecular formula is C2H8NNaO6S. The molecule has 0 unspecified atom stereocenters. The molecule has 11 heavy (non-hydrogen) atoms. The Morgan fingerprint density at radius 2 is 1.55 bits per heavy atom. The molecule has 0 aromatic carbocycles. The summed E-state index contributed by atoms with van der Waals surface area (Å²) in [6.07, 6.45) is 0. The quantitative estimate of drug-likeness (QED) is 0.245. The van der Waals surface area contributed by atoms with Crippen molar-refractivity contribution < 1.29 is 58.4 Å². The van der Waals surface area contributed by atoms with E-state index in [1.165, 1.54) is 0 Å². The van der Waals surface area contributed by atoms with E-state index in [0.29, 0.717) is 0 Å². The number of nitrogens with two attached hydrogens (primary N) is 1. The van der Waals surface area contributed by atoms with Gasteiger partial charge in [-0.25, -0.2) is 0 Å². The molecule has 0 aliphatic heterocycles. The number of hydrogen-bond acceptors (Lipinski definition) is 4. The minimum Gasteiger partial charge on any atom is -1.00 e. The van der Waals surface area contributed by atoms with Crippen molar-refractivity contribution in [2.24, 2.45) is 5.73 Å². The number of amides is 1. The summed E-state index contributed by atoms with van der Waals surface area (Å²) in [4.78, 5) is 9.34. The van der Waals surface area contributed by atoms with Gasteiger partial charge in [-0.05, 0) is 0 Å². The predicted molar refractivity (Wildman–Crippen MR) is 31.6 cm³/mol. The zero-order chi connectivity index (χ0) is 8.78. The molecule has 0 aliphatic rings. The Balaban J connectivity index is -0.0000000457. The maximum atomic E-state index is 9.34.